The van der Waals surface area contributed by atoms with Crippen LogP contribution >= 0.6 is 0 Å². The Hall–Kier alpha value is -0.990. The number of carbonyl (C=O) groups excluding carboxylic acids is 3. The summed E-state index contributed by atoms with van der Waals surface area (Å²) in [5.41, 5.74) is 0. The van der Waals surface area contributed by atoms with Crippen LogP contribution in [0.2, 0.25) is 0 Å². The molecule has 0 aliphatic heterocycles. The molecule has 0 amide bonds. The monoisotopic (exact) mass is 206 g/mol. The van der Waals surface area contributed by atoms with Crippen LogP contribution < -0.4 is 0 Å². The highest BCUT2D eigenvalue weighted by molar-refractivity contribution is 6.23. The molecule has 3 nitrogen and oxygen atoms in total. The summed E-state index contributed by atoms with van der Waals surface area (Å²) in [6.45, 7) is 0. The van der Waals surface area contributed by atoms with Gasteiger partial charge in [-0.15, -0.1) is 0 Å². The van der Waals surface area contributed by atoms with E-state index < -0.39 is 5.92 Å². The summed E-state index contributed by atoms with van der Waals surface area (Å²) < 4.78 is 0. The van der Waals surface area contributed by atoms with E-state index in [4.69, 9.17) is 0 Å². The molecule has 3 saturated carbocycles. The van der Waals surface area contributed by atoms with E-state index >= 15 is 0 Å². The molecule has 0 heterocycles. The van der Waals surface area contributed by atoms with Crippen LogP contribution in [-0.4, -0.2) is 17.3 Å². The zero-order valence-corrected chi connectivity index (χ0v) is 8.57. The van der Waals surface area contributed by atoms with Crippen LogP contribution in [0.5, 0.6) is 0 Å². The van der Waals surface area contributed by atoms with Crippen LogP contribution in [-0.2, 0) is 14.4 Å². The number of Topliss-reactive ketones (excluding diaryl/α,β-unsaturated/α-hetero) is 3. The molecule has 3 rings (SSSR count). The first-order chi connectivity index (χ1) is 7.18. The Labute approximate surface area is 88.2 Å². The lowest BCUT2D eigenvalue weighted by atomic mass is 9.76. The van der Waals surface area contributed by atoms with Gasteiger partial charge in [0.2, 0.25) is 0 Å². The largest absolute Gasteiger partial charge is 0.298 e. The normalized spacial score (nSPS) is 39.6. The van der Waals surface area contributed by atoms with Gasteiger partial charge in [0.05, 0.1) is 0 Å². The Morgan fingerprint density at radius 1 is 0.933 bits per heavy atom. The highest BCUT2D eigenvalue weighted by Crippen LogP contribution is 2.43. The molecule has 0 N–H and O–H groups in total. The van der Waals surface area contributed by atoms with E-state index in [-0.39, 0.29) is 35.1 Å². The van der Waals surface area contributed by atoms with Crippen LogP contribution in [0, 0.1) is 23.7 Å². The number of carbonyl (C=O) groups is 3. The van der Waals surface area contributed by atoms with Gasteiger partial charge in [0.15, 0.2) is 17.3 Å². The minimum absolute atomic E-state index is 0.0143. The summed E-state index contributed by atoms with van der Waals surface area (Å²) in [5, 5.41) is 0. The number of hydrogen-bond acceptors (Lipinski definition) is 3. The molecule has 2 atom stereocenters. The predicted molar refractivity (Wildman–Crippen MR) is 52.1 cm³/mol. The predicted octanol–water partition coefficient (Wildman–Crippen LogP) is 1.15. The van der Waals surface area contributed by atoms with Crippen molar-refractivity contribution < 1.29 is 14.4 Å². The van der Waals surface area contributed by atoms with Crippen LogP contribution in [0.15, 0.2) is 0 Å². The molecule has 3 fully saturated rings. The third-order valence-corrected chi connectivity index (χ3v) is 4.07. The summed E-state index contributed by atoms with van der Waals surface area (Å²) in [5.74, 6) is -0.997. The van der Waals surface area contributed by atoms with Crippen molar-refractivity contribution >= 4 is 17.3 Å². The molecule has 3 aliphatic rings. The Bertz CT molecular complexity index is 332. The molecule has 0 aromatic rings. The third kappa shape index (κ3) is 1.29. The topological polar surface area (TPSA) is 51.2 Å². The molecule has 15 heavy (non-hydrogen) atoms. The molecule has 0 aromatic heterocycles. The van der Waals surface area contributed by atoms with Crippen LogP contribution in [0.1, 0.15) is 32.1 Å². The summed E-state index contributed by atoms with van der Waals surface area (Å²) >= 11 is 0. The van der Waals surface area contributed by atoms with Crippen molar-refractivity contribution in [1.29, 1.82) is 0 Å². The van der Waals surface area contributed by atoms with Crippen molar-refractivity contribution in [2.45, 2.75) is 32.1 Å². The number of fused-ring (bicyclic) bond motifs is 2. The number of rotatable bonds is 2. The van der Waals surface area contributed by atoms with Gasteiger partial charge in [0, 0.05) is 17.8 Å². The van der Waals surface area contributed by atoms with Gasteiger partial charge in [-0.2, -0.15) is 0 Å². The van der Waals surface area contributed by atoms with Crippen molar-refractivity contribution in [1.82, 2.24) is 0 Å². The summed E-state index contributed by atoms with van der Waals surface area (Å²) in [6, 6.07) is 0. The molecule has 0 aromatic carbocycles. The quantitative estimate of drug-likeness (QED) is 0.637. The molecule has 3 aliphatic carbocycles. The minimum Gasteiger partial charge on any atom is -0.298 e. The number of ketones is 3. The van der Waals surface area contributed by atoms with Crippen molar-refractivity contribution in [3.05, 3.63) is 0 Å². The van der Waals surface area contributed by atoms with E-state index in [2.05, 4.69) is 0 Å². The van der Waals surface area contributed by atoms with Crippen LogP contribution in [0.25, 0.3) is 0 Å². The van der Waals surface area contributed by atoms with Gasteiger partial charge in [0.25, 0.3) is 0 Å². The molecule has 3 heteroatoms. The van der Waals surface area contributed by atoms with Gasteiger partial charge < -0.3 is 0 Å². The molecular formula is C12H14O3. The second-order valence-electron chi connectivity index (χ2n) is 5.12. The van der Waals surface area contributed by atoms with Crippen molar-refractivity contribution in [3.8, 4) is 0 Å². The fourth-order valence-corrected chi connectivity index (χ4v) is 2.99. The Kier molecular flexibility index (Phi) is 1.85. The molecule has 0 spiro atoms. The zero-order chi connectivity index (χ0) is 10.6. The van der Waals surface area contributed by atoms with Gasteiger partial charge >= 0.3 is 0 Å². The molecule has 0 saturated heterocycles. The highest BCUT2D eigenvalue weighted by Gasteiger charge is 2.52. The van der Waals surface area contributed by atoms with Crippen LogP contribution in [0.3, 0.4) is 0 Å². The SMILES string of the molecule is O=C(C1CC1)C1C(=O)C2CCC(C2)C1=O. The molecule has 2 bridgehead atoms. The van der Waals surface area contributed by atoms with Crippen molar-refractivity contribution in [2.75, 3.05) is 0 Å². The van der Waals surface area contributed by atoms with Crippen molar-refractivity contribution in [3.63, 3.8) is 0 Å². The maximum absolute atomic E-state index is 11.9. The molecule has 2 unspecified atom stereocenters. The van der Waals surface area contributed by atoms with E-state index in [1.807, 2.05) is 0 Å². The minimum atomic E-state index is -0.858. The third-order valence-electron chi connectivity index (χ3n) is 4.07. The van der Waals surface area contributed by atoms with Crippen molar-refractivity contribution in [2.24, 2.45) is 23.7 Å². The summed E-state index contributed by atoms with van der Waals surface area (Å²) in [7, 11) is 0. The maximum Gasteiger partial charge on any atom is 0.153 e. The van der Waals surface area contributed by atoms with Gasteiger partial charge in [-0.25, -0.2) is 0 Å². The highest BCUT2D eigenvalue weighted by atomic mass is 16.2. The van der Waals surface area contributed by atoms with Gasteiger partial charge in [-0.1, -0.05) is 0 Å². The average Bonchev–Trinajstić information content (AvgIpc) is 2.95. The lowest BCUT2D eigenvalue weighted by molar-refractivity contribution is -0.145. The Morgan fingerprint density at radius 2 is 1.47 bits per heavy atom. The molecular weight excluding hydrogens is 192 g/mol. The zero-order valence-electron chi connectivity index (χ0n) is 8.57. The van der Waals surface area contributed by atoms with Gasteiger partial charge in [-0.3, -0.25) is 14.4 Å². The van der Waals surface area contributed by atoms with Gasteiger partial charge in [0.1, 0.15) is 5.92 Å². The van der Waals surface area contributed by atoms with E-state index in [9.17, 15) is 14.4 Å². The Balaban J connectivity index is 1.89. The molecule has 0 radical (unpaired) electrons. The van der Waals surface area contributed by atoms with E-state index in [1.54, 1.807) is 0 Å². The summed E-state index contributed by atoms with van der Waals surface area (Å²) in [6.07, 6.45) is 4.12. The first-order valence-electron chi connectivity index (χ1n) is 5.79. The fraction of sp³-hybridized carbons (Fsp3) is 0.750. The standard InChI is InChI=1S/C12H14O3/c13-10(6-1-2-6)9-11(14)7-3-4-8(5-7)12(9)15/h6-9H,1-5H2. The Morgan fingerprint density at radius 3 is 1.93 bits per heavy atom. The van der Waals surface area contributed by atoms with Gasteiger partial charge in [-0.05, 0) is 32.1 Å². The van der Waals surface area contributed by atoms with E-state index in [0.29, 0.717) is 6.42 Å². The fourth-order valence-electron chi connectivity index (χ4n) is 2.99. The first-order valence-corrected chi connectivity index (χ1v) is 5.79. The lowest BCUT2D eigenvalue weighted by Crippen LogP contribution is -2.42. The molecule has 80 valence electrons. The maximum atomic E-state index is 11.9. The van der Waals surface area contributed by atoms with E-state index in [0.717, 1.165) is 25.7 Å². The first kappa shape index (κ1) is 9.25. The second-order valence-corrected chi connectivity index (χ2v) is 5.12. The lowest BCUT2D eigenvalue weighted by Gasteiger charge is -2.24. The van der Waals surface area contributed by atoms with E-state index in [1.165, 1.54) is 0 Å². The summed E-state index contributed by atoms with van der Waals surface area (Å²) in [4.78, 5) is 35.7. The average molecular weight is 206 g/mol. The second kappa shape index (κ2) is 3.00. The smallest absolute Gasteiger partial charge is 0.153 e. The number of hydrogen-bond donors (Lipinski definition) is 0. The van der Waals surface area contributed by atoms with Crippen LogP contribution in [0.4, 0.5) is 0 Å².